The summed E-state index contributed by atoms with van der Waals surface area (Å²) < 4.78 is 0. The molecule has 1 aromatic rings. The van der Waals surface area contributed by atoms with Crippen LogP contribution in [-0.4, -0.2) is 18.1 Å². The van der Waals surface area contributed by atoms with E-state index in [0.29, 0.717) is 0 Å². The number of aromatic nitrogens is 1. The first-order chi connectivity index (χ1) is 7.19. The lowest BCUT2D eigenvalue weighted by Gasteiger charge is -2.19. The molecule has 0 bridgehead atoms. The lowest BCUT2D eigenvalue weighted by Crippen LogP contribution is -2.23. The highest BCUT2D eigenvalue weighted by Crippen LogP contribution is 2.26. The molecular weight excluding hydrogens is 206 g/mol. The average molecular weight is 227 g/mol. The second-order valence-corrected chi connectivity index (χ2v) is 4.81. The third-order valence-corrected chi connectivity index (χ3v) is 3.65. The zero-order chi connectivity index (χ0) is 11.3. The van der Waals surface area contributed by atoms with Crippen molar-refractivity contribution in [3.63, 3.8) is 0 Å². The second-order valence-electron chi connectivity index (χ2n) is 3.77. The van der Waals surface area contributed by atoms with Crippen LogP contribution in [0.25, 0.3) is 0 Å². The Hall–Kier alpha value is -0.610. The van der Waals surface area contributed by atoms with Crippen LogP contribution in [0.5, 0.6) is 0 Å². The molecule has 15 heavy (non-hydrogen) atoms. The summed E-state index contributed by atoms with van der Waals surface area (Å²) in [5.74, 6) is 0. The molecule has 0 radical (unpaired) electrons. The number of anilines is 1. The van der Waals surface area contributed by atoms with Gasteiger partial charge >= 0.3 is 0 Å². The van der Waals surface area contributed by atoms with Crippen LogP contribution < -0.4 is 10.6 Å². The first-order valence-corrected chi connectivity index (χ1v) is 6.46. The fraction of sp³-hybridized carbons (Fsp3) is 0.727. The van der Waals surface area contributed by atoms with Crippen LogP contribution in [0, 0.1) is 0 Å². The van der Waals surface area contributed by atoms with Crippen molar-refractivity contribution in [2.45, 2.75) is 39.7 Å². The molecule has 4 heteroatoms. The van der Waals surface area contributed by atoms with E-state index in [9.17, 15) is 0 Å². The number of thiazole rings is 1. The minimum atomic E-state index is 0.0983. The molecule has 1 rings (SSSR count). The van der Waals surface area contributed by atoms with Gasteiger partial charge < -0.3 is 10.6 Å². The Morgan fingerprint density at radius 1 is 1.53 bits per heavy atom. The highest BCUT2D eigenvalue weighted by molar-refractivity contribution is 7.15. The van der Waals surface area contributed by atoms with Gasteiger partial charge in [0.25, 0.3) is 0 Å². The summed E-state index contributed by atoms with van der Waals surface area (Å²) in [6.45, 7) is 8.50. The van der Waals surface area contributed by atoms with Crippen molar-refractivity contribution in [3.8, 4) is 0 Å². The van der Waals surface area contributed by atoms with E-state index in [-0.39, 0.29) is 6.04 Å². The zero-order valence-electron chi connectivity index (χ0n) is 9.86. The van der Waals surface area contributed by atoms with Crippen LogP contribution in [-0.2, 0) is 0 Å². The molecular formula is C11H21N3S. The number of unbranched alkanes of at least 4 members (excludes halogenated alkanes) is 1. The van der Waals surface area contributed by atoms with Crippen molar-refractivity contribution in [2.24, 2.45) is 5.73 Å². The molecule has 3 nitrogen and oxygen atoms in total. The van der Waals surface area contributed by atoms with Gasteiger partial charge in [-0.3, -0.25) is 0 Å². The Labute approximate surface area is 96.3 Å². The van der Waals surface area contributed by atoms with Gasteiger partial charge in [-0.05, 0) is 20.3 Å². The summed E-state index contributed by atoms with van der Waals surface area (Å²) in [4.78, 5) is 7.91. The molecule has 1 aromatic heterocycles. The molecule has 0 aliphatic carbocycles. The molecule has 0 aliphatic rings. The lowest BCUT2D eigenvalue weighted by molar-refractivity contribution is 0.730. The van der Waals surface area contributed by atoms with Crippen LogP contribution in [0.4, 0.5) is 5.13 Å². The normalized spacial score (nSPS) is 12.8. The van der Waals surface area contributed by atoms with Gasteiger partial charge in [0.15, 0.2) is 5.13 Å². The third-order valence-electron chi connectivity index (χ3n) is 2.39. The van der Waals surface area contributed by atoms with Gasteiger partial charge in [0.2, 0.25) is 0 Å². The van der Waals surface area contributed by atoms with Gasteiger partial charge in [-0.2, -0.15) is 0 Å². The highest BCUT2D eigenvalue weighted by atomic mass is 32.1. The fourth-order valence-corrected chi connectivity index (χ4v) is 2.33. The molecule has 0 spiro atoms. The number of hydrogen-bond donors (Lipinski definition) is 1. The van der Waals surface area contributed by atoms with E-state index in [4.69, 9.17) is 5.73 Å². The van der Waals surface area contributed by atoms with E-state index in [1.165, 1.54) is 17.7 Å². The van der Waals surface area contributed by atoms with E-state index >= 15 is 0 Å². The Morgan fingerprint density at radius 2 is 2.27 bits per heavy atom. The van der Waals surface area contributed by atoms with E-state index in [1.54, 1.807) is 11.3 Å². The van der Waals surface area contributed by atoms with Crippen LogP contribution in [0.2, 0.25) is 0 Å². The number of nitrogens with two attached hydrogens (primary N) is 1. The van der Waals surface area contributed by atoms with Crippen molar-refractivity contribution >= 4 is 16.5 Å². The summed E-state index contributed by atoms with van der Waals surface area (Å²) in [6.07, 6.45) is 4.35. The molecule has 0 saturated carbocycles. The van der Waals surface area contributed by atoms with E-state index in [1.807, 2.05) is 13.1 Å². The second kappa shape index (κ2) is 6.08. The van der Waals surface area contributed by atoms with Crippen molar-refractivity contribution in [1.29, 1.82) is 0 Å². The molecule has 0 saturated heterocycles. The largest absolute Gasteiger partial charge is 0.348 e. The minimum Gasteiger partial charge on any atom is -0.348 e. The van der Waals surface area contributed by atoms with Crippen molar-refractivity contribution < 1.29 is 0 Å². The fourth-order valence-electron chi connectivity index (χ4n) is 1.37. The SMILES string of the molecule is CCCCN(CC)c1ncc(C(C)N)s1. The molecule has 1 unspecified atom stereocenters. The Morgan fingerprint density at radius 3 is 2.73 bits per heavy atom. The molecule has 0 aliphatic heterocycles. The predicted octanol–water partition coefficient (Wildman–Crippen LogP) is 2.79. The maximum Gasteiger partial charge on any atom is 0.185 e. The van der Waals surface area contributed by atoms with Crippen LogP contribution in [0.15, 0.2) is 6.20 Å². The van der Waals surface area contributed by atoms with Gasteiger partial charge in [0.05, 0.1) is 0 Å². The van der Waals surface area contributed by atoms with Gasteiger partial charge in [-0.25, -0.2) is 4.98 Å². The number of nitrogens with zero attached hydrogens (tertiary/aromatic N) is 2. The first kappa shape index (κ1) is 12.5. The first-order valence-electron chi connectivity index (χ1n) is 5.65. The number of rotatable bonds is 6. The Bertz CT molecular complexity index is 283. The molecule has 1 atom stereocenters. The monoisotopic (exact) mass is 227 g/mol. The molecule has 0 fully saturated rings. The highest BCUT2D eigenvalue weighted by Gasteiger charge is 2.10. The average Bonchev–Trinajstić information content (AvgIpc) is 2.68. The lowest BCUT2D eigenvalue weighted by atomic mass is 10.3. The van der Waals surface area contributed by atoms with Crippen molar-refractivity contribution in [3.05, 3.63) is 11.1 Å². The van der Waals surface area contributed by atoms with Crippen LogP contribution in [0.3, 0.4) is 0 Å². The topological polar surface area (TPSA) is 42.2 Å². The maximum atomic E-state index is 5.82. The molecule has 2 N–H and O–H groups in total. The summed E-state index contributed by atoms with van der Waals surface area (Å²) in [5, 5.41) is 1.11. The summed E-state index contributed by atoms with van der Waals surface area (Å²) in [5.41, 5.74) is 5.82. The van der Waals surface area contributed by atoms with Gasteiger partial charge in [0, 0.05) is 30.2 Å². The Balaban J connectivity index is 2.65. The quantitative estimate of drug-likeness (QED) is 0.812. The minimum absolute atomic E-state index is 0.0983. The van der Waals surface area contributed by atoms with E-state index < -0.39 is 0 Å². The van der Waals surface area contributed by atoms with Crippen molar-refractivity contribution in [2.75, 3.05) is 18.0 Å². The smallest absolute Gasteiger partial charge is 0.185 e. The van der Waals surface area contributed by atoms with Gasteiger partial charge in [-0.1, -0.05) is 13.3 Å². The molecule has 0 aromatic carbocycles. The van der Waals surface area contributed by atoms with Gasteiger partial charge in [-0.15, -0.1) is 11.3 Å². The summed E-state index contributed by atoms with van der Waals surface area (Å²) in [7, 11) is 0. The van der Waals surface area contributed by atoms with Crippen molar-refractivity contribution in [1.82, 2.24) is 4.98 Å². The molecule has 86 valence electrons. The molecule has 0 amide bonds. The maximum absolute atomic E-state index is 5.82. The van der Waals surface area contributed by atoms with E-state index in [2.05, 4.69) is 23.7 Å². The molecule has 1 heterocycles. The summed E-state index contributed by atoms with van der Waals surface area (Å²) in [6, 6.07) is 0.0983. The van der Waals surface area contributed by atoms with E-state index in [0.717, 1.165) is 18.2 Å². The van der Waals surface area contributed by atoms with Gasteiger partial charge in [0.1, 0.15) is 0 Å². The standard InChI is InChI=1S/C11H21N3S/c1-4-6-7-14(5-2)11-13-8-10(15-11)9(3)12/h8-9H,4-7,12H2,1-3H3. The zero-order valence-corrected chi connectivity index (χ0v) is 10.7. The Kier molecular flexibility index (Phi) is 5.05. The predicted molar refractivity (Wildman–Crippen MR) is 67.5 cm³/mol. The van der Waals surface area contributed by atoms with Crippen LogP contribution in [0.1, 0.15) is 44.5 Å². The third kappa shape index (κ3) is 3.47. The number of hydrogen-bond acceptors (Lipinski definition) is 4. The summed E-state index contributed by atoms with van der Waals surface area (Å²) >= 11 is 1.71. The van der Waals surface area contributed by atoms with Crippen LogP contribution >= 0.6 is 11.3 Å².